The molecule has 0 aliphatic carbocycles. The number of fused-ring (bicyclic) bond motifs is 1. The van der Waals surface area contributed by atoms with Gasteiger partial charge in [-0.1, -0.05) is 48.5 Å². The van der Waals surface area contributed by atoms with Gasteiger partial charge in [0, 0.05) is 6.92 Å². The van der Waals surface area contributed by atoms with Crippen molar-refractivity contribution in [2.75, 3.05) is 0 Å². The fourth-order valence-electron chi connectivity index (χ4n) is 3.64. The molecule has 0 aromatic heterocycles. The van der Waals surface area contributed by atoms with Gasteiger partial charge in [-0.25, -0.2) is 4.79 Å². The van der Waals surface area contributed by atoms with Gasteiger partial charge in [-0.05, 0) is 24.6 Å². The van der Waals surface area contributed by atoms with Crippen molar-refractivity contribution in [3.8, 4) is 6.07 Å². The van der Waals surface area contributed by atoms with Crippen LogP contribution in [0.1, 0.15) is 29.8 Å². The predicted molar refractivity (Wildman–Crippen MR) is 105 cm³/mol. The number of carbonyl (C=O) groups is 1. The number of hydrogen-bond donors (Lipinski definition) is 0. The Kier molecular flexibility index (Phi) is 5.84. The number of ether oxygens (including phenoxy) is 5. The Balaban J connectivity index is 1.57. The second-order valence-corrected chi connectivity index (χ2v) is 7.46. The summed E-state index contributed by atoms with van der Waals surface area (Å²) in [7, 11) is 0. The van der Waals surface area contributed by atoms with E-state index in [0.717, 1.165) is 5.56 Å². The molecule has 30 heavy (non-hydrogen) atoms. The van der Waals surface area contributed by atoms with E-state index in [9.17, 15) is 10.1 Å². The second-order valence-electron chi connectivity index (χ2n) is 7.46. The Morgan fingerprint density at radius 1 is 1.07 bits per heavy atom. The maximum atomic E-state index is 12.7. The Morgan fingerprint density at radius 2 is 1.73 bits per heavy atom. The van der Waals surface area contributed by atoms with Crippen LogP contribution in [0.15, 0.2) is 60.7 Å². The molecule has 4 rings (SSSR count). The molecule has 0 spiro atoms. The van der Waals surface area contributed by atoms with Gasteiger partial charge in [0.1, 0.15) is 18.3 Å². The average Bonchev–Trinajstić information content (AvgIpc) is 3.11. The minimum absolute atomic E-state index is 0.285. The summed E-state index contributed by atoms with van der Waals surface area (Å²) in [5, 5.41) is 9.41. The topological polar surface area (TPSA) is 87.0 Å². The Morgan fingerprint density at radius 3 is 2.40 bits per heavy atom. The first kappa shape index (κ1) is 20.5. The highest BCUT2D eigenvalue weighted by Gasteiger charge is 2.57. The van der Waals surface area contributed by atoms with Crippen molar-refractivity contribution < 1.29 is 28.5 Å². The highest BCUT2D eigenvalue weighted by Crippen LogP contribution is 2.38. The molecule has 2 fully saturated rings. The maximum absolute atomic E-state index is 12.7. The lowest BCUT2D eigenvalue weighted by Gasteiger charge is -2.40. The minimum atomic E-state index is -1.46. The van der Waals surface area contributed by atoms with Gasteiger partial charge >= 0.3 is 5.97 Å². The third-order valence-electron chi connectivity index (χ3n) is 5.17. The van der Waals surface area contributed by atoms with Crippen LogP contribution in [0.2, 0.25) is 0 Å². The van der Waals surface area contributed by atoms with Gasteiger partial charge in [-0.2, -0.15) is 5.26 Å². The van der Waals surface area contributed by atoms with Crippen LogP contribution in [-0.4, -0.2) is 42.5 Å². The van der Waals surface area contributed by atoms with E-state index in [1.807, 2.05) is 42.5 Å². The third-order valence-corrected chi connectivity index (χ3v) is 5.17. The highest BCUT2D eigenvalue weighted by atomic mass is 16.8. The van der Waals surface area contributed by atoms with Crippen LogP contribution in [0.3, 0.4) is 0 Å². The number of esters is 1. The summed E-state index contributed by atoms with van der Waals surface area (Å²) in [6.07, 6.45) is -3.46. The van der Waals surface area contributed by atoms with Crippen molar-refractivity contribution in [3.05, 3.63) is 71.8 Å². The molecule has 0 bridgehead atoms. The van der Waals surface area contributed by atoms with Gasteiger partial charge in [0.2, 0.25) is 0 Å². The lowest BCUT2D eigenvalue weighted by molar-refractivity contribution is -0.253. The SMILES string of the molecule is C[C@@H]1O[C@@H]2O[C@@](C)(C#N)O[C@@H]2[C@H](OCc2ccccc2)[C@H]1OC(=O)c1ccccc1. The van der Waals surface area contributed by atoms with Gasteiger partial charge in [0.05, 0.1) is 18.3 Å². The van der Waals surface area contributed by atoms with Gasteiger partial charge in [-0.3, -0.25) is 0 Å². The molecule has 2 heterocycles. The molecule has 0 N–H and O–H groups in total. The normalized spacial score (nSPS) is 32.8. The van der Waals surface area contributed by atoms with Crippen LogP contribution in [0.5, 0.6) is 0 Å². The van der Waals surface area contributed by atoms with Crippen molar-refractivity contribution in [2.24, 2.45) is 0 Å². The summed E-state index contributed by atoms with van der Waals surface area (Å²) < 4.78 is 29.4. The van der Waals surface area contributed by atoms with Gasteiger partial charge < -0.3 is 23.7 Å². The van der Waals surface area contributed by atoms with Crippen LogP contribution in [0.4, 0.5) is 0 Å². The predicted octanol–water partition coefficient (Wildman–Crippen LogP) is 3.20. The highest BCUT2D eigenvalue weighted by molar-refractivity contribution is 5.89. The van der Waals surface area contributed by atoms with E-state index < -0.39 is 42.5 Å². The van der Waals surface area contributed by atoms with Crippen molar-refractivity contribution in [1.82, 2.24) is 0 Å². The minimum Gasteiger partial charge on any atom is -0.453 e. The first-order chi connectivity index (χ1) is 14.5. The van der Waals surface area contributed by atoms with E-state index >= 15 is 0 Å². The first-order valence-electron chi connectivity index (χ1n) is 9.83. The zero-order valence-electron chi connectivity index (χ0n) is 16.8. The maximum Gasteiger partial charge on any atom is 0.338 e. The molecule has 7 heteroatoms. The second kappa shape index (κ2) is 8.54. The summed E-state index contributed by atoms with van der Waals surface area (Å²) in [4.78, 5) is 12.7. The lowest BCUT2D eigenvalue weighted by atomic mass is 9.99. The Hall–Kier alpha value is -2.76. The summed E-state index contributed by atoms with van der Waals surface area (Å²) >= 11 is 0. The molecular formula is C23H23NO6. The largest absolute Gasteiger partial charge is 0.453 e. The van der Waals surface area contributed by atoms with Crippen LogP contribution in [0.25, 0.3) is 0 Å². The van der Waals surface area contributed by atoms with E-state index in [2.05, 4.69) is 0 Å². The van der Waals surface area contributed by atoms with E-state index in [-0.39, 0.29) is 6.61 Å². The van der Waals surface area contributed by atoms with Crippen molar-refractivity contribution in [2.45, 2.75) is 56.9 Å². The molecule has 2 aromatic carbocycles. The molecule has 2 saturated heterocycles. The molecular weight excluding hydrogens is 386 g/mol. The van der Waals surface area contributed by atoms with Crippen LogP contribution in [0, 0.1) is 11.3 Å². The van der Waals surface area contributed by atoms with Gasteiger partial charge in [-0.15, -0.1) is 0 Å². The lowest BCUT2D eigenvalue weighted by Crippen LogP contribution is -2.58. The molecule has 2 aliphatic rings. The molecule has 2 aliphatic heterocycles. The van der Waals surface area contributed by atoms with Crippen molar-refractivity contribution in [1.29, 1.82) is 5.26 Å². The first-order valence-corrected chi connectivity index (χ1v) is 9.83. The van der Waals surface area contributed by atoms with E-state index in [0.29, 0.717) is 5.56 Å². The molecule has 7 nitrogen and oxygen atoms in total. The molecule has 0 radical (unpaired) electrons. The fourth-order valence-corrected chi connectivity index (χ4v) is 3.64. The number of rotatable bonds is 5. The Bertz CT molecular complexity index is 914. The van der Waals surface area contributed by atoms with Crippen LogP contribution >= 0.6 is 0 Å². The average molecular weight is 409 g/mol. The van der Waals surface area contributed by atoms with E-state index in [1.54, 1.807) is 31.2 Å². The van der Waals surface area contributed by atoms with E-state index in [1.165, 1.54) is 6.92 Å². The van der Waals surface area contributed by atoms with Crippen molar-refractivity contribution >= 4 is 5.97 Å². The summed E-state index contributed by atoms with van der Waals surface area (Å²) in [5.41, 5.74) is 1.39. The standard InChI is InChI=1S/C23H23NO6/c1-15-18(28-21(25)17-11-7-4-8-12-17)19(26-13-16-9-5-3-6-10-16)20-22(27-15)30-23(2,14-24)29-20/h3-12,15,18-20,22H,13H2,1-2H3/t15-,18-,19+,20+,22+,23-/m0/s1. The molecule has 156 valence electrons. The fraction of sp³-hybridized carbons (Fsp3) is 0.391. The zero-order valence-corrected chi connectivity index (χ0v) is 16.8. The summed E-state index contributed by atoms with van der Waals surface area (Å²) in [6.45, 7) is 3.59. The molecule has 2 aromatic rings. The van der Waals surface area contributed by atoms with Crippen LogP contribution < -0.4 is 0 Å². The summed E-state index contributed by atoms with van der Waals surface area (Å²) in [6, 6.07) is 20.4. The zero-order chi connectivity index (χ0) is 21.1. The Labute approximate surface area is 175 Å². The monoisotopic (exact) mass is 409 g/mol. The van der Waals surface area contributed by atoms with Crippen LogP contribution in [-0.2, 0) is 30.3 Å². The number of hydrogen-bond acceptors (Lipinski definition) is 7. The number of benzene rings is 2. The number of nitriles is 1. The molecule has 6 atom stereocenters. The quantitative estimate of drug-likeness (QED) is 0.701. The number of carbonyl (C=O) groups excluding carboxylic acids is 1. The summed E-state index contributed by atoms with van der Waals surface area (Å²) in [5.74, 6) is -1.94. The van der Waals surface area contributed by atoms with Gasteiger partial charge in [0.25, 0.3) is 5.79 Å². The van der Waals surface area contributed by atoms with Crippen molar-refractivity contribution in [3.63, 3.8) is 0 Å². The smallest absolute Gasteiger partial charge is 0.338 e. The third kappa shape index (κ3) is 4.23. The van der Waals surface area contributed by atoms with Gasteiger partial charge in [0.15, 0.2) is 12.4 Å². The molecule has 0 amide bonds. The molecule has 0 unspecified atom stereocenters. The van der Waals surface area contributed by atoms with E-state index in [4.69, 9.17) is 23.7 Å². The molecule has 0 saturated carbocycles. The number of nitrogens with zero attached hydrogens (tertiary/aromatic N) is 1.